The molecule has 0 saturated carbocycles. The lowest BCUT2D eigenvalue weighted by atomic mass is 10.1. The van der Waals surface area contributed by atoms with E-state index in [-0.39, 0.29) is 22.0 Å². The van der Waals surface area contributed by atoms with Crippen LogP contribution in [0.2, 0.25) is 5.02 Å². The SMILES string of the molecule is Nc1c(Cl)cc([N+](=O)[O-])cc1C(=O)NCC1CCSC1. The van der Waals surface area contributed by atoms with Crippen LogP contribution in [0.25, 0.3) is 0 Å². The zero-order chi connectivity index (χ0) is 14.7. The van der Waals surface area contributed by atoms with Crippen molar-refractivity contribution >= 4 is 40.6 Å². The van der Waals surface area contributed by atoms with E-state index in [1.807, 2.05) is 11.8 Å². The van der Waals surface area contributed by atoms with Crippen LogP contribution in [0.3, 0.4) is 0 Å². The average Bonchev–Trinajstić information content (AvgIpc) is 2.92. The second-order valence-electron chi connectivity index (χ2n) is 4.59. The first-order valence-corrected chi connectivity index (χ1v) is 7.61. The Bertz CT molecular complexity index is 547. The predicted molar refractivity (Wildman–Crippen MR) is 80.3 cm³/mol. The molecule has 20 heavy (non-hydrogen) atoms. The number of hydrogen-bond donors (Lipinski definition) is 2. The van der Waals surface area contributed by atoms with Crippen molar-refractivity contribution in [1.29, 1.82) is 0 Å². The Labute approximate surface area is 125 Å². The molecule has 0 bridgehead atoms. The highest BCUT2D eigenvalue weighted by atomic mass is 35.5. The van der Waals surface area contributed by atoms with Crippen LogP contribution in [0.15, 0.2) is 12.1 Å². The summed E-state index contributed by atoms with van der Waals surface area (Å²) in [5.41, 5.74) is 5.59. The first kappa shape index (κ1) is 14.9. The van der Waals surface area contributed by atoms with Crippen molar-refractivity contribution in [1.82, 2.24) is 5.32 Å². The van der Waals surface area contributed by atoms with Crippen LogP contribution in [0.5, 0.6) is 0 Å². The molecule has 0 spiro atoms. The number of nitro groups is 1. The molecule has 6 nitrogen and oxygen atoms in total. The van der Waals surface area contributed by atoms with Crippen molar-refractivity contribution in [3.8, 4) is 0 Å². The Morgan fingerprint density at radius 1 is 1.60 bits per heavy atom. The van der Waals surface area contributed by atoms with E-state index in [1.165, 1.54) is 0 Å². The largest absolute Gasteiger partial charge is 0.397 e. The molecule has 1 saturated heterocycles. The summed E-state index contributed by atoms with van der Waals surface area (Å²) in [6.45, 7) is 0.547. The first-order chi connectivity index (χ1) is 9.49. The molecule has 0 aromatic heterocycles. The number of carbonyl (C=O) groups is 1. The summed E-state index contributed by atoms with van der Waals surface area (Å²) in [7, 11) is 0. The third kappa shape index (κ3) is 3.34. The normalized spacial score (nSPS) is 17.9. The minimum Gasteiger partial charge on any atom is -0.397 e. The molecule has 1 heterocycles. The lowest BCUT2D eigenvalue weighted by Gasteiger charge is -2.11. The number of halogens is 1. The molecule has 0 aliphatic carbocycles. The van der Waals surface area contributed by atoms with E-state index in [4.69, 9.17) is 17.3 Å². The molecule has 2 rings (SSSR count). The summed E-state index contributed by atoms with van der Waals surface area (Å²) in [5, 5.41) is 13.6. The third-order valence-electron chi connectivity index (χ3n) is 3.15. The average molecular weight is 316 g/mol. The minimum absolute atomic E-state index is 0.0146. The molecule has 0 radical (unpaired) electrons. The molecule has 1 amide bonds. The van der Waals surface area contributed by atoms with Gasteiger partial charge >= 0.3 is 0 Å². The van der Waals surface area contributed by atoms with Crippen molar-refractivity contribution in [2.45, 2.75) is 6.42 Å². The molecule has 3 N–H and O–H groups in total. The Morgan fingerprint density at radius 2 is 2.35 bits per heavy atom. The number of nitrogen functional groups attached to an aromatic ring is 1. The van der Waals surface area contributed by atoms with Gasteiger partial charge in [-0.05, 0) is 23.8 Å². The Kier molecular flexibility index (Phi) is 4.72. The van der Waals surface area contributed by atoms with Gasteiger partial charge in [-0.1, -0.05) is 11.6 Å². The summed E-state index contributed by atoms with van der Waals surface area (Å²) >= 11 is 7.68. The van der Waals surface area contributed by atoms with Crippen molar-refractivity contribution < 1.29 is 9.72 Å². The van der Waals surface area contributed by atoms with Crippen LogP contribution in [0, 0.1) is 16.0 Å². The number of carbonyl (C=O) groups excluding carboxylic acids is 1. The molecular weight excluding hydrogens is 302 g/mol. The van der Waals surface area contributed by atoms with E-state index in [0.29, 0.717) is 12.5 Å². The summed E-state index contributed by atoms with van der Waals surface area (Å²) in [6, 6.07) is 2.29. The number of hydrogen-bond acceptors (Lipinski definition) is 5. The van der Waals surface area contributed by atoms with E-state index < -0.39 is 10.8 Å². The monoisotopic (exact) mass is 315 g/mol. The van der Waals surface area contributed by atoms with Gasteiger partial charge in [-0.25, -0.2) is 0 Å². The van der Waals surface area contributed by atoms with E-state index in [2.05, 4.69) is 5.32 Å². The molecule has 1 aromatic carbocycles. The highest BCUT2D eigenvalue weighted by Crippen LogP contribution is 2.29. The molecule has 8 heteroatoms. The number of nitrogens with two attached hydrogens (primary N) is 1. The van der Waals surface area contributed by atoms with Crippen LogP contribution in [-0.2, 0) is 0 Å². The number of nitrogens with one attached hydrogen (secondary N) is 1. The summed E-state index contributed by atoms with van der Waals surface area (Å²) in [6.07, 6.45) is 1.07. The van der Waals surface area contributed by atoms with Crippen molar-refractivity contribution in [2.75, 3.05) is 23.8 Å². The zero-order valence-corrected chi connectivity index (χ0v) is 12.2. The highest BCUT2D eigenvalue weighted by molar-refractivity contribution is 7.99. The number of thioether (sulfide) groups is 1. The number of nitro benzene ring substituents is 1. The summed E-state index contributed by atoms with van der Waals surface area (Å²) in [4.78, 5) is 22.2. The standard InChI is InChI=1S/C12H14ClN3O3S/c13-10-4-8(16(18)19)3-9(11(10)14)12(17)15-5-7-1-2-20-6-7/h3-4,7H,1-2,5-6,14H2,(H,15,17). The van der Waals surface area contributed by atoms with Gasteiger partial charge in [0.05, 0.1) is 21.2 Å². The first-order valence-electron chi connectivity index (χ1n) is 6.08. The van der Waals surface area contributed by atoms with Crippen molar-refractivity contribution in [2.24, 2.45) is 5.92 Å². The van der Waals surface area contributed by atoms with E-state index in [9.17, 15) is 14.9 Å². The topological polar surface area (TPSA) is 98.3 Å². The van der Waals surface area contributed by atoms with Gasteiger partial charge in [-0.2, -0.15) is 11.8 Å². The predicted octanol–water partition coefficient (Wildman–Crippen LogP) is 2.31. The van der Waals surface area contributed by atoms with Gasteiger partial charge in [0.1, 0.15) is 0 Å². The molecule has 108 valence electrons. The number of nitrogens with zero attached hydrogens (tertiary/aromatic N) is 1. The Morgan fingerprint density at radius 3 is 2.95 bits per heavy atom. The maximum Gasteiger partial charge on any atom is 0.271 e. The van der Waals surface area contributed by atoms with E-state index in [1.54, 1.807) is 0 Å². The van der Waals surface area contributed by atoms with Gasteiger partial charge in [-0.15, -0.1) is 0 Å². The van der Waals surface area contributed by atoms with Gasteiger partial charge in [0.15, 0.2) is 0 Å². The molecular formula is C12H14ClN3O3S. The minimum atomic E-state index is -0.601. The Hall–Kier alpha value is -1.47. The van der Waals surface area contributed by atoms with Crippen LogP contribution >= 0.6 is 23.4 Å². The van der Waals surface area contributed by atoms with Crippen LogP contribution in [0.4, 0.5) is 11.4 Å². The molecule has 1 fully saturated rings. The zero-order valence-electron chi connectivity index (χ0n) is 10.6. The number of rotatable bonds is 4. The quantitative estimate of drug-likeness (QED) is 0.504. The maximum atomic E-state index is 12.1. The fourth-order valence-corrected chi connectivity index (χ4v) is 3.47. The van der Waals surface area contributed by atoms with E-state index >= 15 is 0 Å². The molecule has 1 aliphatic heterocycles. The summed E-state index contributed by atoms with van der Waals surface area (Å²) in [5.74, 6) is 2.14. The lowest BCUT2D eigenvalue weighted by Crippen LogP contribution is -2.30. The fourth-order valence-electron chi connectivity index (χ4n) is 1.97. The number of benzene rings is 1. The number of anilines is 1. The second-order valence-corrected chi connectivity index (χ2v) is 6.14. The Balaban J connectivity index is 2.13. The number of non-ortho nitro benzene ring substituents is 1. The highest BCUT2D eigenvalue weighted by Gasteiger charge is 2.21. The molecule has 1 atom stereocenters. The van der Waals surface area contributed by atoms with Crippen molar-refractivity contribution in [3.05, 3.63) is 32.8 Å². The number of amides is 1. The maximum absolute atomic E-state index is 12.1. The van der Waals surface area contributed by atoms with Crippen LogP contribution < -0.4 is 11.1 Å². The third-order valence-corrected chi connectivity index (χ3v) is 4.69. The van der Waals surface area contributed by atoms with E-state index in [0.717, 1.165) is 30.1 Å². The van der Waals surface area contributed by atoms with Gasteiger partial charge in [0, 0.05) is 18.7 Å². The molecule has 1 unspecified atom stereocenters. The molecule has 1 aliphatic rings. The van der Waals surface area contributed by atoms with Gasteiger partial charge in [0.25, 0.3) is 11.6 Å². The smallest absolute Gasteiger partial charge is 0.271 e. The van der Waals surface area contributed by atoms with Gasteiger partial charge in [0.2, 0.25) is 0 Å². The van der Waals surface area contributed by atoms with Crippen LogP contribution in [0.1, 0.15) is 16.8 Å². The summed E-state index contributed by atoms with van der Waals surface area (Å²) < 4.78 is 0. The second kappa shape index (κ2) is 6.32. The molecule has 1 aromatic rings. The van der Waals surface area contributed by atoms with Crippen molar-refractivity contribution in [3.63, 3.8) is 0 Å². The fraction of sp³-hybridized carbons (Fsp3) is 0.417. The lowest BCUT2D eigenvalue weighted by molar-refractivity contribution is -0.384. The van der Waals surface area contributed by atoms with Gasteiger partial charge < -0.3 is 11.1 Å². The van der Waals surface area contributed by atoms with Crippen LogP contribution in [-0.4, -0.2) is 28.9 Å². The van der Waals surface area contributed by atoms with Gasteiger partial charge in [-0.3, -0.25) is 14.9 Å².